The Hall–Kier alpha value is -1.56. The van der Waals surface area contributed by atoms with Crippen LogP contribution >= 0.6 is 0 Å². The first-order chi connectivity index (χ1) is 12.5. The average Bonchev–Trinajstić information content (AvgIpc) is 2.70. The molecule has 0 heteroatoms. The lowest BCUT2D eigenvalue weighted by Gasteiger charge is -2.24. The van der Waals surface area contributed by atoms with Crippen LogP contribution in [-0.2, 0) is 38.5 Å². The van der Waals surface area contributed by atoms with Crippen molar-refractivity contribution in [2.45, 2.75) is 92.9 Å². The molecule has 0 nitrogen and oxygen atoms in total. The van der Waals surface area contributed by atoms with Gasteiger partial charge in [-0.25, -0.2) is 0 Å². The predicted molar refractivity (Wildman–Crippen MR) is 117 cm³/mol. The van der Waals surface area contributed by atoms with E-state index in [2.05, 4.69) is 72.7 Å². The number of hydrogen-bond acceptors (Lipinski definition) is 0. The number of rotatable bonds is 8. The van der Waals surface area contributed by atoms with Crippen LogP contribution in [0.15, 0.2) is 24.3 Å². The highest BCUT2D eigenvalue weighted by molar-refractivity contribution is 5.48. The third kappa shape index (κ3) is 4.05. The molecule has 0 unspecified atom stereocenters. The summed E-state index contributed by atoms with van der Waals surface area (Å²) in [5, 5.41) is 0. The van der Waals surface area contributed by atoms with Gasteiger partial charge >= 0.3 is 0 Å². The van der Waals surface area contributed by atoms with Gasteiger partial charge in [-0.3, -0.25) is 0 Å². The molecule has 2 rings (SSSR count). The van der Waals surface area contributed by atoms with Crippen LogP contribution in [0, 0.1) is 0 Å². The Morgan fingerprint density at radius 1 is 0.462 bits per heavy atom. The summed E-state index contributed by atoms with van der Waals surface area (Å²) >= 11 is 0. The molecule has 0 saturated carbocycles. The number of benzene rings is 2. The van der Waals surface area contributed by atoms with Gasteiger partial charge < -0.3 is 0 Å². The SMILES string of the molecule is CCc1cc(CC)c(C(C)c2cc(CC)c(CC)cc2CC)cc1CC. The molecule has 0 saturated heterocycles. The van der Waals surface area contributed by atoms with Crippen molar-refractivity contribution < 1.29 is 0 Å². The second-order valence-corrected chi connectivity index (χ2v) is 7.48. The molecule has 0 atom stereocenters. The van der Waals surface area contributed by atoms with Gasteiger partial charge in [-0.2, -0.15) is 0 Å². The van der Waals surface area contributed by atoms with Gasteiger partial charge in [0.2, 0.25) is 0 Å². The Bertz CT molecular complexity index is 673. The van der Waals surface area contributed by atoms with Crippen molar-refractivity contribution in [1.82, 2.24) is 0 Å². The van der Waals surface area contributed by atoms with Crippen LogP contribution in [0.3, 0.4) is 0 Å². The van der Waals surface area contributed by atoms with Crippen molar-refractivity contribution in [2.24, 2.45) is 0 Å². The first-order valence-electron chi connectivity index (χ1n) is 10.8. The van der Waals surface area contributed by atoms with E-state index in [0.717, 1.165) is 38.5 Å². The summed E-state index contributed by atoms with van der Waals surface area (Å²) in [5.74, 6) is 0.465. The van der Waals surface area contributed by atoms with Crippen molar-refractivity contribution >= 4 is 0 Å². The summed E-state index contributed by atoms with van der Waals surface area (Å²) in [5.41, 5.74) is 12.3. The quantitative estimate of drug-likeness (QED) is 0.471. The molecule has 0 aliphatic rings. The molecule has 0 fully saturated rings. The molecule has 26 heavy (non-hydrogen) atoms. The van der Waals surface area contributed by atoms with Crippen LogP contribution < -0.4 is 0 Å². The van der Waals surface area contributed by atoms with E-state index in [1.807, 2.05) is 0 Å². The third-order valence-corrected chi connectivity index (χ3v) is 6.14. The monoisotopic (exact) mass is 350 g/mol. The molecular formula is C26H38. The van der Waals surface area contributed by atoms with Crippen molar-refractivity contribution in [3.8, 4) is 0 Å². The van der Waals surface area contributed by atoms with Crippen molar-refractivity contribution in [2.75, 3.05) is 0 Å². The van der Waals surface area contributed by atoms with Gasteiger partial charge in [0.15, 0.2) is 0 Å². The predicted octanol–water partition coefficient (Wildman–Crippen LogP) is 7.21. The van der Waals surface area contributed by atoms with Gasteiger partial charge in [-0.1, -0.05) is 72.7 Å². The Balaban J connectivity index is 2.63. The summed E-state index contributed by atoms with van der Waals surface area (Å²) in [7, 11) is 0. The van der Waals surface area contributed by atoms with Gasteiger partial charge in [0.05, 0.1) is 0 Å². The molecule has 0 aliphatic heterocycles. The lowest BCUT2D eigenvalue weighted by Crippen LogP contribution is -2.08. The van der Waals surface area contributed by atoms with Gasteiger partial charge in [-0.15, -0.1) is 0 Å². The second-order valence-electron chi connectivity index (χ2n) is 7.48. The molecule has 142 valence electrons. The summed E-state index contributed by atoms with van der Waals surface area (Å²) in [6, 6.07) is 10.00. The fraction of sp³-hybridized carbons (Fsp3) is 0.538. The molecule has 0 bridgehead atoms. The van der Waals surface area contributed by atoms with Gasteiger partial charge in [0, 0.05) is 5.92 Å². The minimum Gasteiger partial charge on any atom is -0.0613 e. The topological polar surface area (TPSA) is 0 Å². The highest BCUT2D eigenvalue weighted by Crippen LogP contribution is 2.34. The van der Waals surface area contributed by atoms with Crippen LogP contribution in [0.5, 0.6) is 0 Å². The fourth-order valence-electron chi connectivity index (χ4n) is 4.42. The zero-order chi connectivity index (χ0) is 19.3. The molecule has 2 aromatic rings. The van der Waals surface area contributed by atoms with E-state index in [4.69, 9.17) is 0 Å². The molecule has 0 amide bonds. The van der Waals surface area contributed by atoms with Crippen LogP contribution in [0.1, 0.15) is 98.9 Å². The highest BCUT2D eigenvalue weighted by Gasteiger charge is 2.18. The smallest absolute Gasteiger partial charge is 0.00666 e. The van der Waals surface area contributed by atoms with Crippen LogP contribution in [-0.4, -0.2) is 0 Å². The van der Waals surface area contributed by atoms with Crippen molar-refractivity contribution in [3.63, 3.8) is 0 Å². The summed E-state index contributed by atoms with van der Waals surface area (Å²) in [6.45, 7) is 16.2. The lowest BCUT2D eigenvalue weighted by molar-refractivity contribution is 0.851. The molecule has 0 N–H and O–H groups in total. The Morgan fingerprint density at radius 2 is 0.731 bits per heavy atom. The minimum absolute atomic E-state index is 0.465. The van der Waals surface area contributed by atoms with Gasteiger partial charge in [-0.05, 0) is 83.0 Å². The Morgan fingerprint density at radius 3 is 1.00 bits per heavy atom. The van der Waals surface area contributed by atoms with Crippen LogP contribution in [0.25, 0.3) is 0 Å². The maximum absolute atomic E-state index is 2.52. The van der Waals surface area contributed by atoms with Gasteiger partial charge in [0.25, 0.3) is 0 Å². The first kappa shape index (κ1) is 20.7. The zero-order valence-corrected chi connectivity index (χ0v) is 18.1. The highest BCUT2D eigenvalue weighted by atomic mass is 14.2. The van der Waals surface area contributed by atoms with Crippen LogP contribution in [0.4, 0.5) is 0 Å². The van der Waals surface area contributed by atoms with E-state index in [-0.39, 0.29) is 0 Å². The van der Waals surface area contributed by atoms with E-state index in [9.17, 15) is 0 Å². The lowest BCUT2D eigenvalue weighted by atomic mass is 9.81. The van der Waals surface area contributed by atoms with Crippen molar-refractivity contribution in [1.29, 1.82) is 0 Å². The summed E-state index contributed by atoms with van der Waals surface area (Å²) < 4.78 is 0. The van der Waals surface area contributed by atoms with E-state index >= 15 is 0 Å². The van der Waals surface area contributed by atoms with E-state index in [1.165, 1.54) is 33.4 Å². The number of hydrogen-bond donors (Lipinski definition) is 0. The zero-order valence-electron chi connectivity index (χ0n) is 18.1. The standard InChI is InChI=1S/C26H38/c1-8-19-14-23(12-5)25(16-21(19)10-3)18(7)26-17-22(11-4)20(9-2)15-24(26)13-6/h14-18H,8-13H2,1-7H3. The summed E-state index contributed by atoms with van der Waals surface area (Å²) in [6.07, 6.45) is 6.76. The molecule has 0 radical (unpaired) electrons. The largest absolute Gasteiger partial charge is 0.0613 e. The average molecular weight is 351 g/mol. The molecule has 2 aromatic carbocycles. The second kappa shape index (κ2) is 9.40. The van der Waals surface area contributed by atoms with E-state index < -0.39 is 0 Å². The molecule has 0 aliphatic carbocycles. The van der Waals surface area contributed by atoms with Crippen molar-refractivity contribution in [3.05, 3.63) is 68.8 Å². The normalized spacial score (nSPS) is 11.4. The molecule has 0 heterocycles. The molecule has 0 spiro atoms. The van der Waals surface area contributed by atoms with E-state index in [0.29, 0.717) is 5.92 Å². The van der Waals surface area contributed by atoms with Gasteiger partial charge in [0.1, 0.15) is 0 Å². The van der Waals surface area contributed by atoms with E-state index in [1.54, 1.807) is 11.1 Å². The Labute approximate surface area is 162 Å². The molecular weight excluding hydrogens is 312 g/mol. The maximum Gasteiger partial charge on any atom is 0.00666 e. The summed E-state index contributed by atoms with van der Waals surface area (Å²) in [4.78, 5) is 0. The first-order valence-corrected chi connectivity index (χ1v) is 10.8. The fourth-order valence-corrected chi connectivity index (χ4v) is 4.42. The van der Waals surface area contributed by atoms with Crippen LogP contribution in [0.2, 0.25) is 0 Å². The maximum atomic E-state index is 2.52. The number of aryl methyl sites for hydroxylation is 6. The molecule has 0 aromatic heterocycles. The minimum atomic E-state index is 0.465. The third-order valence-electron chi connectivity index (χ3n) is 6.14. The Kier molecular flexibility index (Phi) is 7.50.